The minimum atomic E-state index is -0.717. The predicted molar refractivity (Wildman–Crippen MR) is 122 cm³/mol. The molecule has 0 spiro atoms. The maximum atomic E-state index is 13.4. The number of nitriles is 1. The molecule has 0 aromatic heterocycles. The van der Waals surface area contributed by atoms with E-state index in [2.05, 4.69) is 16.3 Å². The lowest BCUT2D eigenvalue weighted by Gasteiger charge is -2.38. The van der Waals surface area contributed by atoms with Gasteiger partial charge >= 0.3 is 0 Å². The van der Waals surface area contributed by atoms with Gasteiger partial charge in [0.25, 0.3) is 5.91 Å². The first-order valence-corrected chi connectivity index (χ1v) is 12.3. The van der Waals surface area contributed by atoms with Gasteiger partial charge in [0.05, 0.1) is 24.2 Å². The molecular formula is C25H30N6O3. The Labute approximate surface area is 198 Å². The fourth-order valence-electron chi connectivity index (χ4n) is 6.88. The van der Waals surface area contributed by atoms with Crippen LogP contribution in [0.2, 0.25) is 0 Å². The number of piperazine rings is 1. The van der Waals surface area contributed by atoms with Gasteiger partial charge in [0.15, 0.2) is 0 Å². The van der Waals surface area contributed by atoms with Crippen LogP contribution in [-0.4, -0.2) is 82.8 Å². The Morgan fingerprint density at radius 3 is 2.82 bits per heavy atom. The molecule has 0 radical (unpaired) electrons. The van der Waals surface area contributed by atoms with Crippen molar-refractivity contribution < 1.29 is 14.4 Å². The Hall–Kier alpha value is -2.96. The van der Waals surface area contributed by atoms with Gasteiger partial charge in [-0.15, -0.1) is 0 Å². The molecule has 1 aromatic carbocycles. The van der Waals surface area contributed by atoms with Gasteiger partial charge < -0.3 is 20.9 Å². The number of rotatable bonds is 5. The SMILES string of the molecule is CNC(=O)c1ccc2c(c1)CC[C@@H]2N1C(=O)C2C[C@H]1CN2CC(N)C(=O)N1C(C#N)C[C@@H]2CC21. The number of hydrogen-bond acceptors (Lipinski definition) is 6. The van der Waals surface area contributed by atoms with E-state index in [4.69, 9.17) is 5.73 Å². The first kappa shape index (κ1) is 21.6. The van der Waals surface area contributed by atoms with Crippen molar-refractivity contribution in [3.8, 4) is 6.07 Å². The van der Waals surface area contributed by atoms with Crippen molar-refractivity contribution in [2.75, 3.05) is 20.1 Å². The molecule has 7 atom stereocenters. The van der Waals surface area contributed by atoms with Crippen molar-refractivity contribution in [2.24, 2.45) is 11.7 Å². The smallest absolute Gasteiger partial charge is 0.251 e. The standard InChI is InChI=1S/C25H30N6O3/c1-28-23(32)14-2-4-18-13(6-14)3-5-20(18)31-17-9-22(25(31)34)29(11-17)12-19(27)24(33)30-16(10-26)7-15-8-21(15)30/h2,4,6,15-17,19-22H,3,5,7-9,11-12,27H2,1H3,(H,28,32)/t15-,16?,17+,19?,20+,21?,22?/m1/s1. The van der Waals surface area contributed by atoms with E-state index in [0.29, 0.717) is 24.6 Å². The van der Waals surface area contributed by atoms with Crippen molar-refractivity contribution in [1.82, 2.24) is 20.0 Å². The summed E-state index contributed by atoms with van der Waals surface area (Å²) in [7, 11) is 1.62. The lowest BCUT2D eigenvalue weighted by Crippen LogP contribution is -2.57. The summed E-state index contributed by atoms with van der Waals surface area (Å²) in [5.41, 5.74) is 9.25. The third-order valence-corrected chi connectivity index (χ3v) is 8.58. The molecule has 2 aliphatic carbocycles. The van der Waals surface area contributed by atoms with Gasteiger partial charge in [-0.2, -0.15) is 5.26 Å². The van der Waals surface area contributed by atoms with E-state index in [1.165, 1.54) is 0 Å². The fraction of sp³-hybridized carbons (Fsp3) is 0.600. The summed E-state index contributed by atoms with van der Waals surface area (Å²) in [5, 5.41) is 12.1. The minimum absolute atomic E-state index is 0.0430. The number of piperidine rings is 1. The molecule has 9 nitrogen and oxygen atoms in total. The Morgan fingerprint density at radius 1 is 1.26 bits per heavy atom. The van der Waals surface area contributed by atoms with E-state index in [-0.39, 0.29) is 47.9 Å². The normalized spacial score (nSPS) is 34.1. The van der Waals surface area contributed by atoms with Crippen LogP contribution in [0.15, 0.2) is 18.2 Å². The zero-order chi connectivity index (χ0) is 23.7. The Kier molecular flexibility index (Phi) is 4.94. The van der Waals surface area contributed by atoms with Crippen LogP contribution >= 0.6 is 0 Å². The third kappa shape index (κ3) is 3.16. The average molecular weight is 463 g/mol. The number of likely N-dealkylation sites (tertiary alicyclic amines) is 3. The molecule has 3 aliphatic heterocycles. The lowest BCUT2D eigenvalue weighted by molar-refractivity contribution is -0.141. The van der Waals surface area contributed by atoms with Crippen molar-refractivity contribution >= 4 is 17.7 Å². The number of amides is 3. The summed E-state index contributed by atoms with van der Waals surface area (Å²) in [6.45, 7) is 1.07. The number of nitrogens with two attached hydrogens (primary N) is 1. The molecule has 1 saturated carbocycles. The highest BCUT2D eigenvalue weighted by Gasteiger charge is 2.56. The summed E-state index contributed by atoms with van der Waals surface area (Å²) in [6.07, 6.45) is 4.22. The lowest BCUT2D eigenvalue weighted by atomic mass is 10.0. The quantitative estimate of drug-likeness (QED) is 0.643. The second-order valence-electron chi connectivity index (χ2n) is 10.4. The van der Waals surface area contributed by atoms with Gasteiger partial charge in [0.1, 0.15) is 6.04 Å². The van der Waals surface area contributed by atoms with Crippen LogP contribution < -0.4 is 11.1 Å². The van der Waals surface area contributed by atoms with Crippen molar-refractivity contribution in [2.45, 2.75) is 68.4 Å². The molecule has 178 valence electrons. The summed E-state index contributed by atoms with van der Waals surface area (Å²) >= 11 is 0. The molecule has 3 saturated heterocycles. The zero-order valence-corrected chi connectivity index (χ0v) is 19.3. The fourth-order valence-corrected chi connectivity index (χ4v) is 6.88. The van der Waals surface area contributed by atoms with Gasteiger partial charge in [-0.1, -0.05) is 6.07 Å². The number of fused-ring (bicyclic) bond motifs is 4. The van der Waals surface area contributed by atoms with Crippen LogP contribution in [0.25, 0.3) is 0 Å². The van der Waals surface area contributed by atoms with E-state index in [1.54, 1.807) is 11.9 Å². The van der Waals surface area contributed by atoms with Crippen LogP contribution in [0.1, 0.15) is 53.2 Å². The molecule has 3 N–H and O–H groups in total. The van der Waals surface area contributed by atoms with Crippen LogP contribution in [0.5, 0.6) is 0 Å². The highest BCUT2D eigenvalue weighted by molar-refractivity contribution is 5.94. The Balaban J connectivity index is 1.12. The summed E-state index contributed by atoms with van der Waals surface area (Å²) in [4.78, 5) is 44.2. The largest absolute Gasteiger partial charge is 0.355 e. The number of nitrogens with zero attached hydrogens (tertiary/aromatic N) is 4. The van der Waals surface area contributed by atoms with Gasteiger partial charge in [0, 0.05) is 37.8 Å². The second kappa shape index (κ2) is 7.79. The van der Waals surface area contributed by atoms with E-state index in [0.717, 1.165) is 43.2 Å². The molecule has 3 amide bonds. The molecule has 4 fully saturated rings. The molecule has 2 bridgehead atoms. The Morgan fingerprint density at radius 2 is 2.09 bits per heavy atom. The van der Waals surface area contributed by atoms with Gasteiger partial charge in [-0.25, -0.2) is 0 Å². The second-order valence-corrected chi connectivity index (χ2v) is 10.4. The molecule has 5 aliphatic rings. The molecule has 9 heteroatoms. The van der Waals surface area contributed by atoms with Crippen molar-refractivity contribution in [3.05, 3.63) is 34.9 Å². The number of carbonyl (C=O) groups excluding carboxylic acids is 3. The molecule has 6 rings (SSSR count). The first-order chi connectivity index (χ1) is 16.4. The van der Waals surface area contributed by atoms with Crippen molar-refractivity contribution in [1.29, 1.82) is 5.26 Å². The summed E-state index contributed by atoms with van der Waals surface area (Å²) < 4.78 is 0. The maximum Gasteiger partial charge on any atom is 0.251 e. The average Bonchev–Trinajstić information content (AvgIpc) is 3.18. The maximum absolute atomic E-state index is 13.4. The Bertz CT molecular complexity index is 1110. The minimum Gasteiger partial charge on any atom is -0.355 e. The van der Waals surface area contributed by atoms with Gasteiger partial charge in [-0.3, -0.25) is 19.3 Å². The zero-order valence-electron chi connectivity index (χ0n) is 19.3. The van der Waals surface area contributed by atoms with Crippen LogP contribution in [0, 0.1) is 17.2 Å². The highest BCUT2D eigenvalue weighted by atomic mass is 16.2. The molecule has 34 heavy (non-hydrogen) atoms. The first-order valence-electron chi connectivity index (χ1n) is 12.3. The van der Waals surface area contributed by atoms with Crippen LogP contribution in [0.4, 0.5) is 0 Å². The van der Waals surface area contributed by atoms with E-state index in [9.17, 15) is 19.6 Å². The monoisotopic (exact) mass is 462 g/mol. The topological polar surface area (TPSA) is 123 Å². The highest BCUT2D eigenvalue weighted by Crippen LogP contribution is 2.48. The van der Waals surface area contributed by atoms with Gasteiger partial charge in [-0.05, 0) is 61.3 Å². The molecule has 4 unspecified atom stereocenters. The van der Waals surface area contributed by atoms with Gasteiger partial charge in [0.2, 0.25) is 11.8 Å². The van der Waals surface area contributed by atoms with Crippen LogP contribution in [-0.2, 0) is 16.0 Å². The number of benzene rings is 1. The number of nitrogens with one attached hydrogen (secondary N) is 1. The molecule has 1 aromatic rings. The number of hydrogen-bond donors (Lipinski definition) is 2. The number of carbonyl (C=O) groups is 3. The van der Waals surface area contributed by atoms with Crippen molar-refractivity contribution in [3.63, 3.8) is 0 Å². The molecule has 3 heterocycles. The summed E-state index contributed by atoms with van der Waals surface area (Å²) in [6, 6.07) is 7.05. The summed E-state index contributed by atoms with van der Waals surface area (Å²) in [5.74, 6) is 0.319. The molecular weight excluding hydrogens is 432 g/mol. The third-order valence-electron chi connectivity index (χ3n) is 8.58. The van der Waals surface area contributed by atoms with E-state index < -0.39 is 6.04 Å². The predicted octanol–water partition coefficient (Wildman–Crippen LogP) is 0.159. The van der Waals surface area contributed by atoms with Crippen LogP contribution in [0.3, 0.4) is 0 Å². The van der Waals surface area contributed by atoms with E-state index in [1.807, 2.05) is 23.1 Å². The van der Waals surface area contributed by atoms with E-state index >= 15 is 0 Å². The number of aryl methyl sites for hydroxylation is 1.